The Bertz CT molecular complexity index is 1270. The van der Waals surface area contributed by atoms with Crippen LogP contribution in [0.2, 0.25) is 0 Å². The topological polar surface area (TPSA) is 121 Å². The summed E-state index contributed by atoms with van der Waals surface area (Å²) in [7, 11) is 0. The summed E-state index contributed by atoms with van der Waals surface area (Å²) >= 11 is 0. The summed E-state index contributed by atoms with van der Waals surface area (Å²) < 4.78 is 12.9. The summed E-state index contributed by atoms with van der Waals surface area (Å²) in [5.74, 6) is 1.17. The molecule has 0 spiro atoms. The Hall–Kier alpha value is -4.21. The molecule has 0 saturated carbocycles. The number of hydrogen-bond acceptors (Lipinski definition) is 8. The van der Waals surface area contributed by atoms with Crippen molar-refractivity contribution in [1.82, 2.24) is 24.5 Å². The van der Waals surface area contributed by atoms with Crippen LogP contribution in [0.25, 0.3) is 16.7 Å². The molecule has 1 amide bonds. The van der Waals surface area contributed by atoms with Crippen LogP contribution < -0.4 is 20.1 Å². The molecular formula is C21H19N7O3. The van der Waals surface area contributed by atoms with Crippen molar-refractivity contribution in [3.63, 3.8) is 0 Å². The van der Waals surface area contributed by atoms with E-state index in [4.69, 9.17) is 15.2 Å². The number of fused-ring (bicyclic) bond motifs is 2. The lowest BCUT2D eigenvalue weighted by Crippen LogP contribution is -2.32. The summed E-state index contributed by atoms with van der Waals surface area (Å²) in [4.78, 5) is 31.5. The Kier molecular flexibility index (Phi) is 4.58. The number of nitrogens with two attached hydrogens (primary N) is 1. The number of rotatable bonds is 4. The number of ether oxygens (including phenoxy) is 2. The molecule has 0 bridgehead atoms. The van der Waals surface area contributed by atoms with E-state index < -0.39 is 0 Å². The van der Waals surface area contributed by atoms with Gasteiger partial charge in [0.2, 0.25) is 11.8 Å². The summed E-state index contributed by atoms with van der Waals surface area (Å²) in [6.07, 6.45) is 6.45. The van der Waals surface area contributed by atoms with Crippen LogP contribution in [0.3, 0.4) is 0 Å². The first kappa shape index (κ1) is 18.8. The van der Waals surface area contributed by atoms with Gasteiger partial charge in [0.1, 0.15) is 24.3 Å². The van der Waals surface area contributed by atoms with Crippen LogP contribution in [-0.2, 0) is 0 Å². The van der Waals surface area contributed by atoms with Gasteiger partial charge in [0.15, 0.2) is 5.82 Å². The van der Waals surface area contributed by atoms with Gasteiger partial charge in [-0.2, -0.15) is 0 Å². The fourth-order valence-electron chi connectivity index (χ4n) is 3.56. The van der Waals surface area contributed by atoms with Gasteiger partial charge in [-0.3, -0.25) is 9.36 Å². The van der Waals surface area contributed by atoms with Crippen molar-refractivity contribution in [2.24, 2.45) is 0 Å². The number of anilines is 2. The Balaban J connectivity index is 1.50. The average Bonchev–Trinajstić information content (AvgIpc) is 3.12. The maximum atomic E-state index is 13.2. The van der Waals surface area contributed by atoms with Crippen LogP contribution in [0, 0.1) is 0 Å². The van der Waals surface area contributed by atoms with E-state index in [-0.39, 0.29) is 23.2 Å². The van der Waals surface area contributed by atoms with Crippen molar-refractivity contribution >= 4 is 28.3 Å². The lowest BCUT2D eigenvalue weighted by Gasteiger charge is -2.20. The Morgan fingerprint density at radius 1 is 1.16 bits per heavy atom. The predicted molar refractivity (Wildman–Crippen MR) is 114 cm³/mol. The second-order valence-corrected chi connectivity index (χ2v) is 6.82. The van der Waals surface area contributed by atoms with Gasteiger partial charge in [0, 0.05) is 17.3 Å². The van der Waals surface area contributed by atoms with E-state index in [1.807, 2.05) is 42.0 Å². The van der Waals surface area contributed by atoms with Gasteiger partial charge in [0.05, 0.1) is 31.1 Å². The molecule has 0 radical (unpaired) electrons. The first-order valence-corrected chi connectivity index (χ1v) is 9.77. The number of carbonyl (C=O) groups is 1. The predicted octanol–water partition coefficient (Wildman–Crippen LogP) is 2.23. The van der Waals surface area contributed by atoms with E-state index >= 15 is 0 Å². The van der Waals surface area contributed by atoms with Gasteiger partial charge in [-0.05, 0) is 31.2 Å². The molecule has 1 aliphatic rings. The number of amides is 1. The van der Waals surface area contributed by atoms with Crippen molar-refractivity contribution in [1.29, 1.82) is 0 Å². The van der Waals surface area contributed by atoms with Crippen molar-refractivity contribution < 1.29 is 14.3 Å². The minimum atomic E-state index is -0.290. The molecule has 0 unspecified atom stereocenters. The minimum absolute atomic E-state index is 0.100. The molecule has 1 aromatic carbocycles. The number of hydrogen-bond donors (Lipinski definition) is 1. The number of nitrogens with zero attached hydrogens (tertiary/aromatic N) is 6. The monoisotopic (exact) mass is 417 g/mol. The molecule has 0 saturated heterocycles. The van der Waals surface area contributed by atoms with Crippen molar-refractivity contribution in [2.45, 2.75) is 6.92 Å². The minimum Gasteiger partial charge on any atom is -0.477 e. The zero-order valence-electron chi connectivity index (χ0n) is 16.7. The lowest BCUT2D eigenvalue weighted by molar-refractivity contribution is 0.0990. The van der Waals surface area contributed by atoms with Crippen LogP contribution in [0.1, 0.15) is 17.3 Å². The van der Waals surface area contributed by atoms with E-state index in [1.165, 1.54) is 6.33 Å². The lowest BCUT2D eigenvalue weighted by atomic mass is 10.2. The largest absolute Gasteiger partial charge is 0.477 e. The first-order valence-electron chi connectivity index (χ1n) is 9.77. The molecule has 1 aliphatic heterocycles. The van der Waals surface area contributed by atoms with E-state index in [0.29, 0.717) is 31.5 Å². The Labute approximate surface area is 177 Å². The molecule has 0 fully saturated rings. The molecule has 156 valence electrons. The van der Waals surface area contributed by atoms with Gasteiger partial charge in [0.25, 0.3) is 5.91 Å². The quantitative estimate of drug-likeness (QED) is 0.537. The van der Waals surface area contributed by atoms with Crippen LogP contribution in [0.15, 0.2) is 49.2 Å². The zero-order chi connectivity index (χ0) is 21.4. The maximum absolute atomic E-state index is 13.2. The van der Waals surface area contributed by atoms with E-state index in [0.717, 1.165) is 16.6 Å². The second-order valence-electron chi connectivity index (χ2n) is 6.82. The Morgan fingerprint density at radius 2 is 2.06 bits per heavy atom. The molecule has 4 heterocycles. The van der Waals surface area contributed by atoms with Crippen molar-refractivity contribution in [3.8, 4) is 17.6 Å². The first-order chi connectivity index (χ1) is 15.2. The summed E-state index contributed by atoms with van der Waals surface area (Å²) in [5.41, 5.74) is 7.77. The van der Waals surface area contributed by atoms with Crippen LogP contribution in [0.5, 0.6) is 11.8 Å². The van der Waals surface area contributed by atoms with E-state index in [1.54, 1.807) is 17.3 Å². The number of aromatic nitrogens is 5. The Morgan fingerprint density at radius 3 is 2.87 bits per heavy atom. The summed E-state index contributed by atoms with van der Waals surface area (Å²) in [6.45, 7) is 3.10. The molecule has 31 heavy (non-hydrogen) atoms. The van der Waals surface area contributed by atoms with Gasteiger partial charge >= 0.3 is 0 Å². The third-order valence-electron chi connectivity index (χ3n) is 4.99. The highest BCUT2D eigenvalue weighted by atomic mass is 16.5. The van der Waals surface area contributed by atoms with Gasteiger partial charge in [-0.1, -0.05) is 0 Å². The van der Waals surface area contributed by atoms with E-state index in [9.17, 15) is 4.79 Å². The smallest absolute Gasteiger partial charge is 0.267 e. The summed E-state index contributed by atoms with van der Waals surface area (Å²) in [6, 6.07) is 7.72. The third kappa shape index (κ3) is 3.27. The molecule has 5 rings (SSSR count). The summed E-state index contributed by atoms with van der Waals surface area (Å²) in [5, 5.41) is 0.948. The molecule has 0 aliphatic carbocycles. The number of benzene rings is 1. The highest BCUT2D eigenvalue weighted by molar-refractivity contribution is 6.11. The van der Waals surface area contributed by atoms with Crippen LogP contribution >= 0.6 is 0 Å². The SMILES string of the molecule is CCOc1cnc(-n2ccc3cc(N4CCOc5ncnc(N)c5C4=O)ccc32)cn1. The molecular weight excluding hydrogens is 398 g/mol. The fraction of sp³-hybridized carbons (Fsp3) is 0.190. The highest BCUT2D eigenvalue weighted by Gasteiger charge is 2.28. The fourth-order valence-corrected chi connectivity index (χ4v) is 3.56. The zero-order valence-corrected chi connectivity index (χ0v) is 16.7. The highest BCUT2D eigenvalue weighted by Crippen LogP contribution is 2.30. The van der Waals surface area contributed by atoms with Crippen LogP contribution in [0.4, 0.5) is 11.5 Å². The number of carbonyl (C=O) groups excluding carboxylic acids is 1. The third-order valence-corrected chi connectivity index (χ3v) is 4.99. The normalized spacial score (nSPS) is 13.6. The molecule has 2 N–H and O–H groups in total. The average molecular weight is 417 g/mol. The van der Waals surface area contributed by atoms with Crippen molar-refractivity contribution in [3.05, 3.63) is 54.7 Å². The molecule has 4 aromatic rings. The number of nitrogen functional groups attached to an aromatic ring is 1. The second kappa shape index (κ2) is 7.56. The van der Waals surface area contributed by atoms with E-state index in [2.05, 4.69) is 19.9 Å². The van der Waals surface area contributed by atoms with Crippen LogP contribution in [-0.4, -0.2) is 50.2 Å². The van der Waals surface area contributed by atoms with Gasteiger partial charge in [-0.25, -0.2) is 19.9 Å². The van der Waals surface area contributed by atoms with Gasteiger partial charge in [-0.15, -0.1) is 0 Å². The molecule has 0 atom stereocenters. The molecule has 10 heteroatoms. The standard InChI is InChI=1S/C21H19N7O3/c1-2-30-17-11-23-16(10-24-17)28-6-5-13-9-14(3-4-15(13)28)27-7-8-31-20-18(21(27)29)19(22)25-12-26-20/h3-6,9-12H,2,7-8H2,1H3,(H2,22,25,26). The molecule has 10 nitrogen and oxygen atoms in total. The maximum Gasteiger partial charge on any atom is 0.267 e. The van der Waals surface area contributed by atoms with Crippen molar-refractivity contribution in [2.75, 3.05) is 30.4 Å². The molecule has 3 aromatic heterocycles. The van der Waals surface area contributed by atoms with Gasteiger partial charge < -0.3 is 20.1 Å².